The number of halogens is 2. The molecule has 0 radical (unpaired) electrons. The van der Waals surface area contributed by atoms with E-state index < -0.39 is 0 Å². The molecular formula is C16H17BrFN. The van der Waals surface area contributed by atoms with Crippen molar-refractivity contribution in [2.75, 3.05) is 11.9 Å². The van der Waals surface area contributed by atoms with E-state index in [1.165, 1.54) is 17.2 Å². The van der Waals surface area contributed by atoms with E-state index in [1.807, 2.05) is 13.1 Å². The minimum absolute atomic E-state index is 0.210. The number of rotatable bonds is 3. The fraction of sp³-hybridized carbons (Fsp3) is 0.250. The number of nitrogens with zero attached hydrogens (tertiary/aromatic N) is 1. The molecule has 0 saturated carbocycles. The second-order valence-corrected chi connectivity index (χ2v) is 5.90. The van der Waals surface area contributed by atoms with Crippen LogP contribution in [0.4, 0.5) is 10.1 Å². The second-order valence-electron chi connectivity index (χ2n) is 4.98. The van der Waals surface area contributed by atoms with E-state index in [9.17, 15) is 4.39 Å². The predicted octanol–water partition coefficient (Wildman–Crippen LogP) is 4.84. The SMILES string of the molecule is Cc1cc(C)cc(N(C)Cc2cc(F)cc(Br)c2)c1. The van der Waals surface area contributed by atoms with Gasteiger partial charge in [0.2, 0.25) is 0 Å². The summed E-state index contributed by atoms with van der Waals surface area (Å²) in [6.45, 7) is 4.85. The first kappa shape index (κ1) is 14.1. The molecule has 0 aromatic heterocycles. The molecule has 19 heavy (non-hydrogen) atoms. The summed E-state index contributed by atoms with van der Waals surface area (Å²) in [5.74, 6) is -0.210. The van der Waals surface area contributed by atoms with Gasteiger partial charge >= 0.3 is 0 Å². The van der Waals surface area contributed by atoms with Crippen molar-refractivity contribution in [1.29, 1.82) is 0 Å². The highest BCUT2D eigenvalue weighted by Gasteiger charge is 2.05. The number of hydrogen-bond acceptors (Lipinski definition) is 1. The molecule has 100 valence electrons. The third kappa shape index (κ3) is 3.80. The standard InChI is InChI=1S/C16H17BrFN/c1-11-4-12(2)6-16(5-11)19(3)10-13-7-14(17)9-15(18)8-13/h4-9H,10H2,1-3H3. The van der Waals surface area contributed by atoms with E-state index in [-0.39, 0.29) is 5.82 Å². The highest BCUT2D eigenvalue weighted by molar-refractivity contribution is 9.10. The molecule has 0 aliphatic heterocycles. The van der Waals surface area contributed by atoms with Crippen LogP contribution in [0, 0.1) is 19.7 Å². The fourth-order valence-electron chi connectivity index (χ4n) is 2.24. The zero-order chi connectivity index (χ0) is 14.0. The van der Waals surface area contributed by atoms with Gasteiger partial charge in [0.25, 0.3) is 0 Å². The summed E-state index contributed by atoms with van der Waals surface area (Å²) in [6, 6.07) is 11.4. The zero-order valence-corrected chi connectivity index (χ0v) is 13.0. The van der Waals surface area contributed by atoms with Gasteiger partial charge in [-0.05, 0) is 60.9 Å². The van der Waals surface area contributed by atoms with Crippen LogP contribution in [-0.2, 0) is 6.54 Å². The molecule has 0 spiro atoms. The van der Waals surface area contributed by atoms with Gasteiger partial charge in [-0.15, -0.1) is 0 Å². The Balaban J connectivity index is 2.22. The van der Waals surface area contributed by atoms with Gasteiger partial charge in [0.1, 0.15) is 5.82 Å². The molecule has 3 heteroatoms. The monoisotopic (exact) mass is 321 g/mol. The Morgan fingerprint density at radius 2 is 1.63 bits per heavy atom. The molecule has 1 nitrogen and oxygen atoms in total. The van der Waals surface area contributed by atoms with E-state index in [1.54, 1.807) is 6.07 Å². The average Bonchev–Trinajstić information content (AvgIpc) is 2.25. The lowest BCUT2D eigenvalue weighted by Gasteiger charge is -2.21. The van der Waals surface area contributed by atoms with Gasteiger partial charge < -0.3 is 4.90 Å². The normalized spacial score (nSPS) is 10.6. The Bertz CT molecular complexity index is 555. The summed E-state index contributed by atoms with van der Waals surface area (Å²) in [5.41, 5.74) is 4.58. The van der Waals surface area contributed by atoms with Crippen LogP contribution < -0.4 is 4.90 Å². The minimum atomic E-state index is -0.210. The average molecular weight is 322 g/mol. The summed E-state index contributed by atoms with van der Waals surface area (Å²) in [4.78, 5) is 2.13. The molecule has 2 rings (SSSR count). The third-order valence-electron chi connectivity index (χ3n) is 2.99. The molecule has 2 aromatic carbocycles. The summed E-state index contributed by atoms with van der Waals surface area (Å²) in [7, 11) is 2.02. The Morgan fingerprint density at radius 3 is 2.21 bits per heavy atom. The largest absolute Gasteiger partial charge is 0.370 e. The van der Waals surface area contributed by atoms with E-state index in [0.29, 0.717) is 6.54 Å². The molecule has 2 aromatic rings. The number of anilines is 1. The molecule has 0 amide bonds. The van der Waals surface area contributed by atoms with Crippen LogP contribution in [0.3, 0.4) is 0 Å². The molecule has 0 atom stereocenters. The lowest BCUT2D eigenvalue weighted by atomic mass is 10.1. The first-order valence-electron chi connectivity index (χ1n) is 6.18. The molecule has 0 N–H and O–H groups in total. The van der Waals surface area contributed by atoms with Gasteiger partial charge in [0.05, 0.1) is 0 Å². The maximum atomic E-state index is 13.4. The highest BCUT2D eigenvalue weighted by atomic mass is 79.9. The fourth-order valence-corrected chi connectivity index (χ4v) is 2.75. The van der Waals surface area contributed by atoms with Gasteiger partial charge in [0, 0.05) is 23.8 Å². The second kappa shape index (κ2) is 5.74. The lowest BCUT2D eigenvalue weighted by molar-refractivity contribution is 0.624. The van der Waals surface area contributed by atoms with Crippen molar-refractivity contribution in [3.8, 4) is 0 Å². The Kier molecular flexibility index (Phi) is 4.25. The van der Waals surface area contributed by atoms with E-state index in [0.717, 1.165) is 15.7 Å². The van der Waals surface area contributed by atoms with E-state index in [4.69, 9.17) is 0 Å². The first-order chi connectivity index (χ1) is 8.94. The van der Waals surface area contributed by atoms with Crippen molar-refractivity contribution in [2.24, 2.45) is 0 Å². The summed E-state index contributed by atoms with van der Waals surface area (Å²) in [5, 5.41) is 0. The molecule has 0 aliphatic carbocycles. The molecule has 0 heterocycles. The van der Waals surface area contributed by atoms with Gasteiger partial charge in [-0.2, -0.15) is 0 Å². The minimum Gasteiger partial charge on any atom is -0.370 e. The van der Waals surface area contributed by atoms with Gasteiger partial charge in [-0.25, -0.2) is 4.39 Å². The Hall–Kier alpha value is -1.35. The van der Waals surface area contributed by atoms with Crippen LogP contribution in [0.5, 0.6) is 0 Å². The van der Waals surface area contributed by atoms with Crippen LogP contribution >= 0.6 is 15.9 Å². The molecule has 0 aliphatic rings. The first-order valence-corrected chi connectivity index (χ1v) is 6.98. The van der Waals surface area contributed by atoms with Crippen LogP contribution in [0.1, 0.15) is 16.7 Å². The van der Waals surface area contributed by atoms with Crippen molar-refractivity contribution in [3.05, 3.63) is 63.4 Å². The smallest absolute Gasteiger partial charge is 0.124 e. The molecular weight excluding hydrogens is 305 g/mol. The third-order valence-corrected chi connectivity index (χ3v) is 3.45. The van der Waals surface area contributed by atoms with Crippen molar-refractivity contribution in [2.45, 2.75) is 20.4 Å². The summed E-state index contributed by atoms with van der Waals surface area (Å²) < 4.78 is 14.1. The van der Waals surface area contributed by atoms with Crippen LogP contribution in [-0.4, -0.2) is 7.05 Å². The van der Waals surface area contributed by atoms with Crippen molar-refractivity contribution in [3.63, 3.8) is 0 Å². The summed E-state index contributed by atoms with van der Waals surface area (Å²) >= 11 is 3.32. The Labute approximate surface area is 122 Å². The summed E-state index contributed by atoms with van der Waals surface area (Å²) in [6.07, 6.45) is 0. The van der Waals surface area contributed by atoms with Crippen LogP contribution in [0.15, 0.2) is 40.9 Å². The van der Waals surface area contributed by atoms with Crippen LogP contribution in [0.25, 0.3) is 0 Å². The van der Waals surface area contributed by atoms with Crippen LogP contribution in [0.2, 0.25) is 0 Å². The maximum absolute atomic E-state index is 13.4. The molecule has 0 unspecified atom stereocenters. The lowest BCUT2D eigenvalue weighted by Crippen LogP contribution is -2.16. The molecule has 0 saturated heterocycles. The predicted molar refractivity (Wildman–Crippen MR) is 82.1 cm³/mol. The van der Waals surface area contributed by atoms with E-state index in [2.05, 4.69) is 52.9 Å². The van der Waals surface area contributed by atoms with Crippen molar-refractivity contribution < 1.29 is 4.39 Å². The van der Waals surface area contributed by atoms with Crippen molar-refractivity contribution >= 4 is 21.6 Å². The zero-order valence-electron chi connectivity index (χ0n) is 11.4. The quantitative estimate of drug-likeness (QED) is 0.781. The molecule has 0 fully saturated rings. The maximum Gasteiger partial charge on any atom is 0.124 e. The van der Waals surface area contributed by atoms with Crippen molar-refractivity contribution in [1.82, 2.24) is 0 Å². The van der Waals surface area contributed by atoms with E-state index >= 15 is 0 Å². The number of hydrogen-bond donors (Lipinski definition) is 0. The topological polar surface area (TPSA) is 3.24 Å². The van der Waals surface area contributed by atoms with Gasteiger partial charge in [0.15, 0.2) is 0 Å². The number of benzene rings is 2. The molecule has 0 bridgehead atoms. The number of aryl methyl sites for hydroxylation is 2. The van der Waals surface area contributed by atoms with Gasteiger partial charge in [-0.3, -0.25) is 0 Å². The Morgan fingerprint density at radius 1 is 1.00 bits per heavy atom. The highest BCUT2D eigenvalue weighted by Crippen LogP contribution is 2.21. The van der Waals surface area contributed by atoms with Gasteiger partial charge in [-0.1, -0.05) is 22.0 Å².